The van der Waals surface area contributed by atoms with Gasteiger partial charge < -0.3 is 5.11 Å². The van der Waals surface area contributed by atoms with Crippen LogP contribution in [0.15, 0.2) is 0 Å². The van der Waals surface area contributed by atoms with E-state index in [0.29, 0.717) is 11.9 Å². The molecule has 42 valence electrons. The predicted molar refractivity (Wildman–Crippen MR) is 32.5 cm³/mol. The van der Waals surface area contributed by atoms with Gasteiger partial charge in [-0.25, -0.2) is 0 Å². The lowest BCUT2D eigenvalue weighted by Crippen LogP contribution is -2.30. The molecule has 1 aliphatic rings. The molecule has 0 radical (unpaired) electrons. The summed E-state index contributed by atoms with van der Waals surface area (Å²) >= 11 is 1.86. The van der Waals surface area contributed by atoms with Crippen molar-refractivity contribution < 1.29 is 5.11 Å². The fraction of sp³-hybridized carbons (Fsp3) is 1.00. The fourth-order valence-corrected chi connectivity index (χ4v) is 1.61. The van der Waals surface area contributed by atoms with Gasteiger partial charge in [0.05, 0.1) is 6.61 Å². The zero-order valence-corrected chi connectivity index (χ0v) is 5.24. The Morgan fingerprint density at radius 2 is 2.57 bits per heavy atom. The Kier molecular flexibility index (Phi) is 1.60. The van der Waals surface area contributed by atoms with Crippen LogP contribution >= 0.6 is 11.8 Å². The van der Waals surface area contributed by atoms with Crippen LogP contribution in [0.25, 0.3) is 0 Å². The number of aliphatic hydroxyl groups is 1. The Morgan fingerprint density at radius 3 is 2.57 bits per heavy atom. The summed E-state index contributed by atoms with van der Waals surface area (Å²) < 4.78 is 0. The van der Waals surface area contributed by atoms with Crippen LogP contribution in [0.4, 0.5) is 0 Å². The number of thioether (sulfide) groups is 1. The van der Waals surface area contributed by atoms with Crippen molar-refractivity contribution in [2.75, 3.05) is 12.4 Å². The number of aliphatic hydroxyl groups excluding tert-OH is 1. The summed E-state index contributed by atoms with van der Waals surface area (Å²) in [4.78, 5) is 0. The van der Waals surface area contributed by atoms with Crippen LogP contribution < -0.4 is 0 Å². The molecule has 1 rings (SSSR count). The van der Waals surface area contributed by atoms with Crippen LogP contribution in [0.2, 0.25) is 0 Å². The van der Waals surface area contributed by atoms with Gasteiger partial charge >= 0.3 is 0 Å². The van der Waals surface area contributed by atoms with E-state index in [-0.39, 0.29) is 0 Å². The molecule has 0 aromatic rings. The number of rotatable bonds is 1. The Bertz CT molecular complexity index is 63.1. The summed E-state index contributed by atoms with van der Waals surface area (Å²) in [6.07, 6.45) is 0. The molecule has 2 heteroatoms. The molecule has 7 heavy (non-hydrogen) atoms. The molecule has 0 spiro atoms. The Morgan fingerprint density at radius 1 is 1.86 bits per heavy atom. The van der Waals surface area contributed by atoms with Crippen molar-refractivity contribution >= 4 is 11.8 Å². The first-order valence-corrected chi connectivity index (χ1v) is 3.62. The molecule has 0 aliphatic carbocycles. The molecule has 0 amide bonds. The Hall–Kier alpha value is 0.310. The van der Waals surface area contributed by atoms with E-state index in [2.05, 4.69) is 6.92 Å². The van der Waals surface area contributed by atoms with Crippen molar-refractivity contribution in [1.82, 2.24) is 0 Å². The lowest BCUT2D eigenvalue weighted by atomic mass is 10.1. The van der Waals surface area contributed by atoms with E-state index < -0.39 is 0 Å². The largest absolute Gasteiger partial charge is 0.395 e. The van der Waals surface area contributed by atoms with Crippen LogP contribution in [-0.4, -0.2) is 22.7 Å². The van der Waals surface area contributed by atoms with Crippen molar-refractivity contribution in [2.45, 2.75) is 12.2 Å². The quantitative estimate of drug-likeness (QED) is 0.547. The first-order chi connectivity index (χ1) is 3.34. The van der Waals surface area contributed by atoms with Gasteiger partial charge in [-0.05, 0) is 11.7 Å². The van der Waals surface area contributed by atoms with Crippen molar-refractivity contribution in [3.63, 3.8) is 0 Å². The third-order valence-electron chi connectivity index (χ3n) is 1.39. The van der Waals surface area contributed by atoms with Gasteiger partial charge in [-0.1, -0.05) is 6.92 Å². The molecular formula is C5H10OS. The van der Waals surface area contributed by atoms with Crippen molar-refractivity contribution in [2.24, 2.45) is 5.92 Å². The van der Waals surface area contributed by atoms with Crippen LogP contribution in [0.5, 0.6) is 0 Å². The van der Waals surface area contributed by atoms with Crippen molar-refractivity contribution in [3.8, 4) is 0 Å². The van der Waals surface area contributed by atoms with Gasteiger partial charge in [-0.15, -0.1) is 0 Å². The molecule has 1 fully saturated rings. The first-order valence-electron chi connectivity index (χ1n) is 2.57. The molecule has 1 nitrogen and oxygen atoms in total. The average Bonchev–Trinajstić information content (AvgIpc) is 1.65. The summed E-state index contributed by atoms with van der Waals surface area (Å²) in [6.45, 7) is 2.54. The summed E-state index contributed by atoms with van der Waals surface area (Å²) in [7, 11) is 0. The van der Waals surface area contributed by atoms with E-state index >= 15 is 0 Å². The van der Waals surface area contributed by atoms with Gasteiger partial charge in [0, 0.05) is 5.25 Å². The molecule has 0 aromatic heterocycles. The molecule has 1 heterocycles. The van der Waals surface area contributed by atoms with E-state index in [1.54, 1.807) is 0 Å². The summed E-state index contributed by atoms with van der Waals surface area (Å²) in [5, 5.41) is 9.09. The van der Waals surface area contributed by atoms with E-state index in [4.69, 9.17) is 5.11 Å². The normalized spacial score (nSPS) is 40.3. The maximum absolute atomic E-state index is 8.54. The molecule has 0 saturated carbocycles. The van der Waals surface area contributed by atoms with Crippen LogP contribution in [0.3, 0.4) is 0 Å². The lowest BCUT2D eigenvalue weighted by Gasteiger charge is -2.31. The van der Waals surface area contributed by atoms with E-state index in [0.717, 1.165) is 5.92 Å². The standard InChI is InChI=1S/C5H10OS/c1-4-3-7-5(4)2-6/h4-6H,2-3H2,1H3. The Labute approximate surface area is 48.1 Å². The van der Waals surface area contributed by atoms with Crippen LogP contribution in [0, 0.1) is 5.92 Å². The fourth-order valence-electron chi connectivity index (χ4n) is 0.657. The summed E-state index contributed by atoms with van der Waals surface area (Å²) in [6, 6.07) is 0. The smallest absolute Gasteiger partial charge is 0.0552 e. The van der Waals surface area contributed by atoms with Gasteiger partial charge in [0.1, 0.15) is 0 Å². The third-order valence-corrected chi connectivity index (χ3v) is 3.15. The lowest BCUT2D eigenvalue weighted by molar-refractivity contribution is 0.268. The van der Waals surface area contributed by atoms with Gasteiger partial charge in [0.25, 0.3) is 0 Å². The average molecular weight is 118 g/mol. The van der Waals surface area contributed by atoms with Gasteiger partial charge in [-0.2, -0.15) is 11.8 Å². The van der Waals surface area contributed by atoms with Crippen molar-refractivity contribution in [1.29, 1.82) is 0 Å². The maximum atomic E-state index is 8.54. The minimum atomic E-state index is 0.367. The topological polar surface area (TPSA) is 20.2 Å². The molecular weight excluding hydrogens is 108 g/mol. The molecule has 1 saturated heterocycles. The first kappa shape index (κ1) is 5.45. The maximum Gasteiger partial charge on any atom is 0.0552 e. The highest BCUT2D eigenvalue weighted by Gasteiger charge is 2.25. The van der Waals surface area contributed by atoms with Gasteiger partial charge in [0.15, 0.2) is 0 Å². The minimum absolute atomic E-state index is 0.367. The van der Waals surface area contributed by atoms with E-state index in [9.17, 15) is 0 Å². The highest BCUT2D eigenvalue weighted by molar-refractivity contribution is 8.01. The minimum Gasteiger partial charge on any atom is -0.395 e. The van der Waals surface area contributed by atoms with E-state index in [1.165, 1.54) is 5.75 Å². The van der Waals surface area contributed by atoms with Crippen LogP contribution in [-0.2, 0) is 0 Å². The molecule has 1 aliphatic heterocycles. The van der Waals surface area contributed by atoms with Gasteiger partial charge in [0.2, 0.25) is 0 Å². The highest BCUT2D eigenvalue weighted by atomic mass is 32.2. The second-order valence-corrected chi connectivity index (χ2v) is 3.30. The summed E-state index contributed by atoms with van der Waals surface area (Å²) in [5.41, 5.74) is 0. The molecule has 0 aromatic carbocycles. The highest BCUT2D eigenvalue weighted by Crippen LogP contribution is 2.32. The SMILES string of the molecule is CC1CSC1CO. The third kappa shape index (κ3) is 0.916. The number of hydrogen-bond acceptors (Lipinski definition) is 2. The number of hydrogen-bond donors (Lipinski definition) is 1. The molecule has 2 unspecified atom stereocenters. The predicted octanol–water partition coefficient (Wildman–Crippen LogP) is 0.730. The zero-order chi connectivity index (χ0) is 5.28. The van der Waals surface area contributed by atoms with Crippen LogP contribution in [0.1, 0.15) is 6.92 Å². The summed E-state index contributed by atoms with van der Waals surface area (Å²) in [5.74, 6) is 2.00. The molecule has 0 bridgehead atoms. The van der Waals surface area contributed by atoms with Crippen molar-refractivity contribution in [3.05, 3.63) is 0 Å². The second kappa shape index (κ2) is 2.05. The molecule has 1 N–H and O–H groups in total. The molecule has 2 atom stereocenters. The van der Waals surface area contributed by atoms with Gasteiger partial charge in [-0.3, -0.25) is 0 Å². The second-order valence-electron chi connectivity index (χ2n) is 2.03. The van der Waals surface area contributed by atoms with E-state index in [1.807, 2.05) is 11.8 Å². The monoisotopic (exact) mass is 118 g/mol. The zero-order valence-electron chi connectivity index (χ0n) is 4.42. The Balaban J connectivity index is 2.16.